The lowest BCUT2D eigenvalue weighted by Crippen LogP contribution is -2.57. The first-order chi connectivity index (χ1) is 11.4. The van der Waals surface area contributed by atoms with Crippen molar-refractivity contribution in [2.75, 3.05) is 19.6 Å². The molecule has 7 nitrogen and oxygen atoms in total. The predicted octanol–water partition coefficient (Wildman–Crippen LogP) is 1.28. The molecule has 2 aromatic heterocycles. The molecule has 1 fully saturated rings. The standard InChI is InChI=1S/C17H25N5O2/c1-5-13-10-20(6-7-21(13)11(2)3)16(23)14-9-18-15-8-12(4)19-22(15)17(14)24/h8-9,11,13,19H,5-7,10H2,1-4H3. The van der Waals surface area contributed by atoms with Crippen LogP contribution in [0.25, 0.3) is 5.65 Å². The largest absolute Gasteiger partial charge is 0.336 e. The zero-order chi connectivity index (χ0) is 17.4. The molecule has 2 aromatic rings. The van der Waals surface area contributed by atoms with Gasteiger partial charge < -0.3 is 4.90 Å². The average molecular weight is 331 g/mol. The fraction of sp³-hybridized carbons (Fsp3) is 0.588. The van der Waals surface area contributed by atoms with Gasteiger partial charge in [0.1, 0.15) is 5.56 Å². The fourth-order valence-corrected chi connectivity index (χ4v) is 3.49. The van der Waals surface area contributed by atoms with E-state index in [0.717, 1.165) is 18.7 Å². The van der Waals surface area contributed by atoms with Crippen molar-refractivity contribution in [2.24, 2.45) is 0 Å². The van der Waals surface area contributed by atoms with E-state index in [9.17, 15) is 9.59 Å². The zero-order valence-electron chi connectivity index (χ0n) is 14.7. The molecule has 1 aliphatic heterocycles. The molecule has 1 atom stereocenters. The number of nitrogens with one attached hydrogen (secondary N) is 1. The smallest absolute Gasteiger partial charge is 0.285 e. The summed E-state index contributed by atoms with van der Waals surface area (Å²) in [5.74, 6) is -0.226. The van der Waals surface area contributed by atoms with Crippen LogP contribution < -0.4 is 5.56 Å². The molecule has 3 rings (SSSR count). The lowest BCUT2D eigenvalue weighted by atomic mass is 10.1. The molecule has 0 spiro atoms. The van der Waals surface area contributed by atoms with Crippen LogP contribution >= 0.6 is 0 Å². The SMILES string of the molecule is CCC1CN(C(=O)c2cnc3cc(C)[nH]n3c2=O)CCN1C(C)C. The number of H-pyrrole nitrogens is 1. The average Bonchev–Trinajstić information content (AvgIpc) is 2.95. The van der Waals surface area contributed by atoms with Crippen molar-refractivity contribution in [2.45, 2.75) is 46.2 Å². The van der Waals surface area contributed by atoms with Gasteiger partial charge in [0.2, 0.25) is 0 Å². The van der Waals surface area contributed by atoms with Crippen LogP contribution in [0.1, 0.15) is 43.2 Å². The van der Waals surface area contributed by atoms with Gasteiger partial charge in [0.05, 0.1) is 0 Å². The molecule has 0 aromatic carbocycles. The van der Waals surface area contributed by atoms with Crippen LogP contribution in [0.3, 0.4) is 0 Å². The number of aromatic amines is 1. The van der Waals surface area contributed by atoms with Crippen molar-refractivity contribution >= 4 is 11.6 Å². The molecule has 3 heterocycles. The van der Waals surface area contributed by atoms with E-state index in [0.29, 0.717) is 30.8 Å². The van der Waals surface area contributed by atoms with Gasteiger partial charge in [-0.25, -0.2) is 9.50 Å². The third-order valence-corrected chi connectivity index (χ3v) is 4.80. The number of aryl methyl sites for hydroxylation is 1. The van der Waals surface area contributed by atoms with Gasteiger partial charge in [-0.2, -0.15) is 0 Å². The predicted molar refractivity (Wildman–Crippen MR) is 92.4 cm³/mol. The second-order valence-electron chi connectivity index (χ2n) is 6.75. The highest BCUT2D eigenvalue weighted by molar-refractivity contribution is 5.93. The number of amides is 1. The first kappa shape index (κ1) is 16.7. The number of fused-ring (bicyclic) bond motifs is 1. The minimum Gasteiger partial charge on any atom is -0.336 e. The molecule has 1 N–H and O–H groups in total. The Hall–Kier alpha value is -2.15. The van der Waals surface area contributed by atoms with Crippen molar-refractivity contribution in [3.05, 3.63) is 33.9 Å². The molecule has 1 amide bonds. The molecule has 1 aliphatic rings. The quantitative estimate of drug-likeness (QED) is 0.919. The van der Waals surface area contributed by atoms with Crippen LogP contribution in [0, 0.1) is 6.92 Å². The van der Waals surface area contributed by atoms with Crippen LogP contribution in [0.4, 0.5) is 0 Å². The Kier molecular flexibility index (Phi) is 4.45. The van der Waals surface area contributed by atoms with Crippen molar-refractivity contribution in [3.63, 3.8) is 0 Å². The van der Waals surface area contributed by atoms with E-state index in [-0.39, 0.29) is 17.0 Å². The van der Waals surface area contributed by atoms with Crippen molar-refractivity contribution in [1.29, 1.82) is 0 Å². The molecule has 1 unspecified atom stereocenters. The lowest BCUT2D eigenvalue weighted by molar-refractivity contribution is 0.0370. The van der Waals surface area contributed by atoms with Gasteiger partial charge in [0.25, 0.3) is 11.5 Å². The maximum absolute atomic E-state index is 12.8. The third kappa shape index (κ3) is 2.84. The van der Waals surface area contributed by atoms with Crippen LogP contribution in [-0.4, -0.2) is 62.0 Å². The fourth-order valence-electron chi connectivity index (χ4n) is 3.49. The number of rotatable bonds is 3. The van der Waals surface area contributed by atoms with E-state index in [1.165, 1.54) is 10.7 Å². The molecule has 24 heavy (non-hydrogen) atoms. The van der Waals surface area contributed by atoms with E-state index in [1.807, 2.05) is 6.92 Å². The molecular weight excluding hydrogens is 306 g/mol. The number of nitrogens with zero attached hydrogens (tertiary/aromatic N) is 4. The first-order valence-electron chi connectivity index (χ1n) is 8.54. The highest BCUT2D eigenvalue weighted by Crippen LogP contribution is 2.17. The second-order valence-corrected chi connectivity index (χ2v) is 6.75. The minimum absolute atomic E-state index is 0.127. The van der Waals surface area contributed by atoms with Crippen molar-refractivity contribution < 1.29 is 4.79 Å². The molecule has 0 saturated carbocycles. The Balaban J connectivity index is 1.87. The van der Waals surface area contributed by atoms with E-state index in [1.54, 1.807) is 11.0 Å². The van der Waals surface area contributed by atoms with Gasteiger partial charge in [0.15, 0.2) is 5.65 Å². The maximum Gasteiger partial charge on any atom is 0.285 e. The summed E-state index contributed by atoms with van der Waals surface area (Å²) in [6, 6.07) is 2.57. The van der Waals surface area contributed by atoms with Gasteiger partial charge in [-0.3, -0.25) is 19.6 Å². The highest BCUT2D eigenvalue weighted by atomic mass is 16.2. The third-order valence-electron chi connectivity index (χ3n) is 4.80. The number of piperazine rings is 1. The van der Waals surface area contributed by atoms with Gasteiger partial charge in [-0.1, -0.05) is 6.92 Å². The van der Waals surface area contributed by atoms with E-state index in [2.05, 4.69) is 35.8 Å². The maximum atomic E-state index is 12.8. The van der Waals surface area contributed by atoms with E-state index < -0.39 is 0 Å². The Morgan fingerprint density at radius 2 is 2.17 bits per heavy atom. The summed E-state index contributed by atoms with van der Waals surface area (Å²) in [6.07, 6.45) is 2.39. The molecule has 1 saturated heterocycles. The number of carbonyl (C=O) groups is 1. The Morgan fingerprint density at radius 1 is 1.42 bits per heavy atom. The van der Waals surface area contributed by atoms with Gasteiger partial charge in [-0.15, -0.1) is 0 Å². The monoisotopic (exact) mass is 331 g/mol. The van der Waals surface area contributed by atoms with Gasteiger partial charge >= 0.3 is 0 Å². The van der Waals surface area contributed by atoms with E-state index >= 15 is 0 Å². The van der Waals surface area contributed by atoms with Crippen molar-refractivity contribution in [1.82, 2.24) is 24.4 Å². The van der Waals surface area contributed by atoms with Crippen molar-refractivity contribution in [3.8, 4) is 0 Å². The molecule has 0 bridgehead atoms. The molecule has 7 heteroatoms. The molecule has 0 radical (unpaired) electrons. The van der Waals surface area contributed by atoms with E-state index in [4.69, 9.17) is 0 Å². The topological polar surface area (TPSA) is 73.7 Å². The summed E-state index contributed by atoms with van der Waals surface area (Å²) in [7, 11) is 0. The second kappa shape index (κ2) is 6.39. The summed E-state index contributed by atoms with van der Waals surface area (Å²) in [6.45, 7) is 10.5. The van der Waals surface area contributed by atoms with Gasteiger partial charge in [-0.05, 0) is 27.2 Å². The Labute approximate surface area is 141 Å². The van der Waals surface area contributed by atoms with Crippen LogP contribution in [0.2, 0.25) is 0 Å². The molecule has 130 valence electrons. The van der Waals surface area contributed by atoms with Crippen LogP contribution in [0.5, 0.6) is 0 Å². The molecular formula is C17H25N5O2. The summed E-state index contributed by atoms with van der Waals surface area (Å²) in [5, 5.41) is 2.93. The number of aromatic nitrogens is 3. The summed E-state index contributed by atoms with van der Waals surface area (Å²) in [4.78, 5) is 33.9. The highest BCUT2D eigenvalue weighted by Gasteiger charge is 2.31. The number of hydrogen-bond acceptors (Lipinski definition) is 4. The summed E-state index contributed by atoms with van der Waals surface area (Å²) >= 11 is 0. The zero-order valence-corrected chi connectivity index (χ0v) is 14.7. The Bertz CT molecular complexity index is 807. The first-order valence-corrected chi connectivity index (χ1v) is 8.54. The minimum atomic E-state index is -0.336. The summed E-state index contributed by atoms with van der Waals surface area (Å²) < 4.78 is 1.34. The van der Waals surface area contributed by atoms with Crippen LogP contribution in [-0.2, 0) is 0 Å². The van der Waals surface area contributed by atoms with Gasteiger partial charge in [0, 0.05) is 49.7 Å². The van der Waals surface area contributed by atoms with Crippen LogP contribution in [0.15, 0.2) is 17.1 Å². The molecule has 0 aliphatic carbocycles. The normalized spacial score (nSPS) is 19.4. The Morgan fingerprint density at radius 3 is 2.83 bits per heavy atom. The lowest BCUT2D eigenvalue weighted by Gasteiger charge is -2.43. The number of hydrogen-bond donors (Lipinski definition) is 1. The number of carbonyl (C=O) groups excluding carboxylic acids is 1. The summed E-state index contributed by atoms with van der Waals surface area (Å²) in [5.41, 5.74) is 1.16.